The molecule has 0 radical (unpaired) electrons. The van der Waals surface area contributed by atoms with Gasteiger partial charge in [0.15, 0.2) is 0 Å². The highest BCUT2D eigenvalue weighted by molar-refractivity contribution is 6.34. The van der Waals surface area contributed by atoms with Crippen molar-refractivity contribution in [2.24, 2.45) is 17.3 Å². The molecule has 1 saturated carbocycles. The van der Waals surface area contributed by atoms with E-state index < -0.39 is 17.5 Å². The number of rotatable bonds is 5. The number of hydrogen-bond acceptors (Lipinski definition) is 6. The fourth-order valence-corrected chi connectivity index (χ4v) is 7.99. The minimum absolute atomic E-state index is 0.0676. The van der Waals surface area contributed by atoms with Crippen LogP contribution in [-0.4, -0.2) is 80.3 Å². The van der Waals surface area contributed by atoms with E-state index >= 15 is 0 Å². The summed E-state index contributed by atoms with van der Waals surface area (Å²) in [5.74, 6) is -1.38. The third kappa shape index (κ3) is 5.63. The average molecular weight is 649 g/mol. The van der Waals surface area contributed by atoms with E-state index in [1.54, 1.807) is 11.0 Å². The normalized spacial score (nSPS) is 23.6. The fraction of sp³-hybridized carbons (Fsp3) is 0.571. The van der Waals surface area contributed by atoms with Crippen LogP contribution in [0.4, 0.5) is 4.79 Å². The van der Waals surface area contributed by atoms with Gasteiger partial charge in [0, 0.05) is 49.5 Å². The number of carboxylic acids is 1. The number of hydrogen-bond donors (Lipinski definition) is 1. The molecule has 5 aliphatic rings. The molecular weight excluding hydrogens is 608 g/mol. The maximum Gasteiger partial charge on any atom is 0.410 e. The molecular formula is C35H41ClN4O6. The van der Waals surface area contributed by atoms with Crippen molar-refractivity contribution in [1.29, 1.82) is 0 Å². The lowest BCUT2D eigenvalue weighted by Crippen LogP contribution is -2.74. The van der Waals surface area contributed by atoms with Gasteiger partial charge in [0.05, 0.1) is 27.9 Å². The van der Waals surface area contributed by atoms with Crippen molar-refractivity contribution in [3.8, 4) is 0 Å². The van der Waals surface area contributed by atoms with Crippen molar-refractivity contribution in [2.45, 2.75) is 83.7 Å². The van der Waals surface area contributed by atoms with Crippen molar-refractivity contribution in [3.05, 3.63) is 57.4 Å². The fourth-order valence-electron chi connectivity index (χ4n) is 7.73. The number of carbonyl (C=O) groups is 4. The van der Waals surface area contributed by atoms with Crippen LogP contribution in [0.2, 0.25) is 5.02 Å². The molecule has 2 atom stereocenters. The molecule has 244 valence electrons. The topological polar surface area (TPSA) is 122 Å². The molecule has 2 saturated heterocycles. The van der Waals surface area contributed by atoms with E-state index in [0.29, 0.717) is 81.2 Å². The molecule has 2 aliphatic heterocycles. The van der Waals surface area contributed by atoms with Crippen LogP contribution in [0.3, 0.4) is 0 Å². The van der Waals surface area contributed by atoms with Gasteiger partial charge >= 0.3 is 12.1 Å². The van der Waals surface area contributed by atoms with E-state index in [0.717, 1.165) is 40.9 Å². The van der Waals surface area contributed by atoms with E-state index in [-0.39, 0.29) is 29.2 Å². The van der Waals surface area contributed by atoms with Crippen LogP contribution in [-0.2, 0) is 27.2 Å². The summed E-state index contributed by atoms with van der Waals surface area (Å²) in [5.41, 5.74) is 4.25. The number of carbonyl (C=O) groups excluding carboxylic acids is 3. The Kier molecular flexibility index (Phi) is 7.57. The van der Waals surface area contributed by atoms with Gasteiger partial charge in [-0.2, -0.15) is 9.78 Å². The van der Waals surface area contributed by atoms with Gasteiger partial charge in [-0.3, -0.25) is 14.4 Å². The van der Waals surface area contributed by atoms with Crippen LogP contribution in [0.1, 0.15) is 98.1 Å². The molecule has 3 fully saturated rings. The lowest BCUT2D eigenvalue weighted by atomic mass is 9.72. The molecule has 11 heteroatoms. The van der Waals surface area contributed by atoms with Gasteiger partial charge < -0.3 is 19.6 Å². The number of carboxylic acid groups (broad SMARTS) is 1. The molecule has 2 unspecified atom stereocenters. The lowest BCUT2D eigenvalue weighted by Gasteiger charge is -2.60. The summed E-state index contributed by atoms with van der Waals surface area (Å²) >= 11 is 6.66. The average Bonchev–Trinajstić information content (AvgIpc) is 3.74. The second-order valence-electron chi connectivity index (χ2n) is 15.0. The zero-order valence-electron chi connectivity index (χ0n) is 26.7. The van der Waals surface area contributed by atoms with Gasteiger partial charge in [0.2, 0.25) is 5.91 Å². The van der Waals surface area contributed by atoms with Gasteiger partial charge in [-0.15, -0.1) is 0 Å². The van der Waals surface area contributed by atoms with Crippen LogP contribution < -0.4 is 0 Å². The number of benzene rings is 1. The highest BCUT2D eigenvalue weighted by atomic mass is 35.5. The lowest BCUT2D eigenvalue weighted by molar-refractivity contribution is -0.161. The number of likely N-dealkylation sites (tertiary alicyclic amines) is 2. The molecule has 1 N–H and O–H groups in total. The smallest absolute Gasteiger partial charge is 0.410 e. The zero-order chi connectivity index (χ0) is 32.5. The number of aliphatic carboxylic acids is 1. The minimum Gasteiger partial charge on any atom is -0.481 e. The maximum atomic E-state index is 14.3. The second-order valence-corrected chi connectivity index (χ2v) is 15.4. The van der Waals surface area contributed by atoms with Crippen molar-refractivity contribution >= 4 is 41.1 Å². The summed E-state index contributed by atoms with van der Waals surface area (Å²) in [5, 5.41) is 14.8. The van der Waals surface area contributed by atoms with E-state index in [2.05, 4.69) is 0 Å². The molecule has 1 aromatic heterocycles. The first-order chi connectivity index (χ1) is 21.8. The maximum absolute atomic E-state index is 14.3. The Morgan fingerprint density at radius 1 is 0.978 bits per heavy atom. The van der Waals surface area contributed by atoms with E-state index in [1.165, 1.54) is 4.68 Å². The summed E-state index contributed by atoms with van der Waals surface area (Å²) in [6.45, 7) is 7.95. The summed E-state index contributed by atoms with van der Waals surface area (Å²) < 4.78 is 6.98. The van der Waals surface area contributed by atoms with Gasteiger partial charge in [0.1, 0.15) is 5.60 Å². The van der Waals surface area contributed by atoms with Crippen molar-refractivity contribution in [1.82, 2.24) is 19.6 Å². The Bertz CT molecular complexity index is 1650. The number of allylic oxidation sites excluding steroid dienone is 2. The first kappa shape index (κ1) is 31.0. The minimum atomic E-state index is -0.794. The summed E-state index contributed by atoms with van der Waals surface area (Å²) in [6.07, 6.45) is 6.87. The Labute approximate surface area is 273 Å². The Morgan fingerprint density at radius 3 is 2.30 bits per heavy atom. The van der Waals surface area contributed by atoms with E-state index in [4.69, 9.17) is 21.4 Å². The van der Waals surface area contributed by atoms with E-state index in [9.17, 15) is 24.3 Å². The first-order valence-corrected chi connectivity index (χ1v) is 16.8. The van der Waals surface area contributed by atoms with Crippen molar-refractivity contribution < 1.29 is 29.0 Å². The number of fused-ring (bicyclic) bond motifs is 1. The predicted octanol–water partition coefficient (Wildman–Crippen LogP) is 5.55. The molecule has 2 amide bonds. The molecule has 1 spiro atoms. The van der Waals surface area contributed by atoms with Gasteiger partial charge in [-0.25, -0.2) is 4.79 Å². The van der Waals surface area contributed by atoms with Gasteiger partial charge in [-0.05, 0) is 88.8 Å². The number of nitrogens with zero attached hydrogens (tertiary/aromatic N) is 4. The summed E-state index contributed by atoms with van der Waals surface area (Å²) in [7, 11) is 0. The Morgan fingerprint density at radius 2 is 1.67 bits per heavy atom. The monoisotopic (exact) mass is 648 g/mol. The van der Waals surface area contributed by atoms with Crippen LogP contribution in [0, 0.1) is 17.3 Å². The van der Waals surface area contributed by atoms with E-state index in [1.807, 2.05) is 43.9 Å². The third-order valence-corrected chi connectivity index (χ3v) is 10.5. The largest absolute Gasteiger partial charge is 0.481 e. The molecule has 2 aromatic rings. The van der Waals surface area contributed by atoms with Gasteiger partial charge in [0.25, 0.3) is 5.91 Å². The number of halogens is 1. The highest BCUT2D eigenvalue weighted by Gasteiger charge is 2.56. The molecule has 3 heterocycles. The number of ether oxygens (including phenoxy) is 1. The molecule has 46 heavy (non-hydrogen) atoms. The summed E-state index contributed by atoms with van der Waals surface area (Å²) in [6, 6.07) is 5.59. The zero-order valence-corrected chi connectivity index (χ0v) is 27.4. The standard InChI is InChI=1S/C35H41ClN4O6/c1-34(2,3)46-33(45)39-18-35(19-39)16-38(17-35)30(41)23-13-14-25-27(15-23)40(37-29(25)21-9-11-22(12-10-21)32(43)44)31(42)28-24(20-7-8-20)5-4-6-26(28)36/h4-6,9,20,22-23H,7-8,10-19H2,1-3H3,(H,43,44). The Hall–Kier alpha value is -3.66. The summed E-state index contributed by atoms with van der Waals surface area (Å²) in [4.78, 5) is 55.7. The van der Waals surface area contributed by atoms with Crippen LogP contribution in [0.15, 0.2) is 24.3 Å². The highest BCUT2D eigenvalue weighted by Crippen LogP contribution is 2.45. The van der Waals surface area contributed by atoms with Gasteiger partial charge in [-0.1, -0.05) is 29.8 Å². The molecule has 0 bridgehead atoms. The van der Waals surface area contributed by atoms with Crippen LogP contribution in [0.25, 0.3) is 5.57 Å². The second kappa shape index (κ2) is 11.2. The molecule has 10 nitrogen and oxygen atoms in total. The number of aromatic nitrogens is 2. The first-order valence-electron chi connectivity index (χ1n) is 16.5. The van der Waals surface area contributed by atoms with Crippen LogP contribution >= 0.6 is 11.6 Å². The SMILES string of the molecule is CC(C)(C)OC(=O)N1CC2(C1)CN(C(=O)C1CCc3c(C4=CCC(C(=O)O)CC4)nn(C(=O)c4c(Cl)cccc4C4CC4)c3C1)C2. The number of amides is 2. The molecule has 3 aliphatic carbocycles. The quantitative estimate of drug-likeness (QED) is 0.451. The molecule has 1 aromatic carbocycles. The third-order valence-electron chi connectivity index (χ3n) is 10.2. The Balaban J connectivity index is 1.12. The van der Waals surface area contributed by atoms with Crippen molar-refractivity contribution in [3.63, 3.8) is 0 Å². The van der Waals surface area contributed by atoms with Crippen LogP contribution in [0.5, 0.6) is 0 Å². The predicted molar refractivity (Wildman–Crippen MR) is 171 cm³/mol. The van der Waals surface area contributed by atoms with Crippen molar-refractivity contribution in [2.75, 3.05) is 26.2 Å². The molecule has 7 rings (SSSR count).